The quantitative estimate of drug-likeness (QED) is 0.254. The number of para-hydroxylation sites is 2. The molecule has 4 aromatic carbocycles. The maximum atomic E-state index is 13.2. The first kappa shape index (κ1) is 26.3. The van der Waals surface area contributed by atoms with Gasteiger partial charge in [-0.1, -0.05) is 60.7 Å². The Morgan fingerprint density at radius 3 is 1.24 bits per heavy atom. The van der Waals surface area contributed by atoms with E-state index in [4.69, 9.17) is 18.9 Å². The van der Waals surface area contributed by atoms with E-state index in [0.717, 1.165) is 0 Å². The van der Waals surface area contributed by atoms with Gasteiger partial charge in [-0.25, -0.2) is 9.59 Å². The Kier molecular flexibility index (Phi) is 8.33. The average molecular weight is 515 g/mol. The summed E-state index contributed by atoms with van der Waals surface area (Å²) in [6.45, 7) is 4.13. The van der Waals surface area contributed by atoms with Crippen LogP contribution in [0.4, 0.5) is 21.0 Å². The molecule has 0 spiro atoms. The molecule has 0 bridgehead atoms. The number of nitrogens with zero attached hydrogens (tertiary/aromatic N) is 2. The maximum Gasteiger partial charge on any atom is 0.419 e. The van der Waals surface area contributed by atoms with E-state index in [1.54, 1.807) is 62.6 Å². The third-order valence-electron chi connectivity index (χ3n) is 5.83. The number of benzene rings is 4. The molecule has 0 aliphatic heterocycles. The van der Waals surface area contributed by atoms with Crippen LogP contribution in [-0.2, 0) is 0 Å². The van der Waals surface area contributed by atoms with Gasteiger partial charge in [-0.2, -0.15) is 0 Å². The lowest BCUT2D eigenvalue weighted by Gasteiger charge is -2.24. The van der Waals surface area contributed by atoms with Crippen LogP contribution in [0.25, 0.3) is 10.8 Å². The van der Waals surface area contributed by atoms with Crippen LogP contribution < -0.4 is 28.7 Å². The number of amides is 2. The van der Waals surface area contributed by atoms with Crippen molar-refractivity contribution in [3.8, 4) is 23.0 Å². The first-order valence-corrected chi connectivity index (χ1v) is 12.3. The number of rotatable bonds is 8. The highest BCUT2D eigenvalue weighted by molar-refractivity contribution is 6.03. The minimum atomic E-state index is -0.613. The Morgan fingerprint density at radius 1 is 0.553 bits per heavy atom. The van der Waals surface area contributed by atoms with Crippen molar-refractivity contribution in [2.45, 2.75) is 13.8 Å². The molecule has 0 aliphatic rings. The zero-order valence-electron chi connectivity index (χ0n) is 21.8. The topological polar surface area (TPSA) is 77.5 Å². The number of fused-ring (bicyclic) bond motifs is 1. The van der Waals surface area contributed by atoms with Crippen molar-refractivity contribution in [3.05, 3.63) is 84.9 Å². The first-order valence-electron chi connectivity index (χ1n) is 12.3. The summed E-state index contributed by atoms with van der Waals surface area (Å²) in [7, 11) is 3.25. The minimum absolute atomic E-state index is 0.174. The Hall–Kier alpha value is -4.72. The lowest BCUT2D eigenvalue weighted by Crippen LogP contribution is -2.30. The summed E-state index contributed by atoms with van der Waals surface area (Å²) >= 11 is 0. The number of hydrogen-bond donors (Lipinski definition) is 0. The van der Waals surface area contributed by atoms with Gasteiger partial charge in [-0.15, -0.1) is 0 Å². The van der Waals surface area contributed by atoms with Crippen LogP contribution in [0, 0.1) is 0 Å². The van der Waals surface area contributed by atoms with Crippen molar-refractivity contribution < 1.29 is 28.5 Å². The van der Waals surface area contributed by atoms with Gasteiger partial charge < -0.3 is 18.9 Å². The van der Waals surface area contributed by atoms with Gasteiger partial charge in [0.1, 0.15) is 0 Å². The molecule has 0 saturated heterocycles. The molecule has 0 saturated carbocycles. The molecule has 0 atom stereocenters. The molecule has 4 rings (SSSR count). The fourth-order valence-electron chi connectivity index (χ4n) is 3.91. The summed E-state index contributed by atoms with van der Waals surface area (Å²) < 4.78 is 23.8. The smallest absolute Gasteiger partial charge is 0.419 e. The Morgan fingerprint density at radius 2 is 0.895 bits per heavy atom. The monoisotopic (exact) mass is 514 g/mol. The molecule has 0 aliphatic carbocycles. The summed E-state index contributed by atoms with van der Waals surface area (Å²) in [5, 5.41) is 1.05. The van der Waals surface area contributed by atoms with Gasteiger partial charge in [0.05, 0.1) is 13.2 Å². The molecule has 0 fully saturated rings. The van der Waals surface area contributed by atoms with E-state index in [1.165, 1.54) is 9.80 Å². The number of ether oxygens (including phenoxy) is 4. The number of carbonyl (C=O) groups is 2. The second kappa shape index (κ2) is 12.0. The molecule has 0 heterocycles. The molecule has 8 nitrogen and oxygen atoms in total. The predicted octanol–water partition coefficient (Wildman–Crippen LogP) is 6.91. The normalized spacial score (nSPS) is 10.5. The summed E-state index contributed by atoms with van der Waals surface area (Å²) in [6, 6.07) is 25.5. The summed E-state index contributed by atoms with van der Waals surface area (Å²) in [5.41, 5.74) is 1.33. The number of carbonyl (C=O) groups excluding carboxylic acids is 2. The lowest BCUT2D eigenvalue weighted by atomic mass is 10.1. The number of anilines is 2. The van der Waals surface area contributed by atoms with Gasteiger partial charge in [-0.05, 0) is 38.1 Å². The summed E-state index contributed by atoms with van der Waals surface area (Å²) in [4.78, 5) is 29.2. The Bertz CT molecular complexity index is 1300. The van der Waals surface area contributed by atoms with Crippen LogP contribution in [0.2, 0.25) is 0 Å². The van der Waals surface area contributed by atoms with Crippen molar-refractivity contribution in [1.82, 2.24) is 0 Å². The highest BCUT2D eigenvalue weighted by atomic mass is 16.6. The van der Waals surface area contributed by atoms with E-state index in [-0.39, 0.29) is 36.2 Å². The number of hydrogen-bond acceptors (Lipinski definition) is 6. The highest BCUT2D eigenvalue weighted by Gasteiger charge is 2.29. The molecule has 0 radical (unpaired) electrons. The van der Waals surface area contributed by atoms with Crippen LogP contribution in [0.15, 0.2) is 84.9 Å². The highest BCUT2D eigenvalue weighted by Crippen LogP contribution is 2.51. The van der Waals surface area contributed by atoms with Crippen molar-refractivity contribution >= 4 is 34.3 Å². The van der Waals surface area contributed by atoms with Crippen molar-refractivity contribution in [2.75, 3.05) is 37.1 Å². The third kappa shape index (κ3) is 5.49. The molecule has 196 valence electrons. The van der Waals surface area contributed by atoms with Crippen LogP contribution in [0.3, 0.4) is 0 Å². The second-order valence-corrected chi connectivity index (χ2v) is 8.25. The predicted molar refractivity (Wildman–Crippen MR) is 148 cm³/mol. The first-order chi connectivity index (χ1) is 18.5. The molecule has 4 aromatic rings. The van der Waals surface area contributed by atoms with Gasteiger partial charge >= 0.3 is 12.2 Å². The van der Waals surface area contributed by atoms with E-state index < -0.39 is 12.2 Å². The summed E-state index contributed by atoms with van der Waals surface area (Å²) in [6.07, 6.45) is -1.23. The molecule has 8 heteroatoms. The second-order valence-electron chi connectivity index (χ2n) is 8.25. The van der Waals surface area contributed by atoms with Crippen LogP contribution in [0.5, 0.6) is 23.0 Å². The van der Waals surface area contributed by atoms with Crippen molar-refractivity contribution in [2.24, 2.45) is 0 Å². The molecular formula is C30H30N2O6. The van der Waals surface area contributed by atoms with E-state index in [9.17, 15) is 9.59 Å². The van der Waals surface area contributed by atoms with Crippen LogP contribution in [0.1, 0.15) is 13.8 Å². The fraction of sp³-hybridized carbons (Fsp3) is 0.200. The minimum Gasteiger partial charge on any atom is -0.487 e. The fourth-order valence-corrected chi connectivity index (χ4v) is 3.91. The van der Waals surface area contributed by atoms with Gasteiger partial charge in [0.25, 0.3) is 0 Å². The zero-order valence-corrected chi connectivity index (χ0v) is 21.8. The van der Waals surface area contributed by atoms with Gasteiger partial charge in [-0.3, -0.25) is 9.80 Å². The Balaban J connectivity index is 1.81. The third-order valence-corrected chi connectivity index (χ3v) is 5.83. The average Bonchev–Trinajstić information content (AvgIpc) is 2.96. The van der Waals surface area contributed by atoms with E-state index in [0.29, 0.717) is 22.1 Å². The SMILES string of the molecule is CCOc1c(OCC)c(OC(=O)N(C)c2ccccc2)c2ccccc2c1OC(=O)N(C)c1ccccc1. The largest absolute Gasteiger partial charge is 0.487 e. The molecule has 0 N–H and O–H groups in total. The van der Waals surface area contributed by atoms with E-state index >= 15 is 0 Å². The van der Waals surface area contributed by atoms with Crippen molar-refractivity contribution in [1.29, 1.82) is 0 Å². The van der Waals surface area contributed by atoms with Gasteiger partial charge in [0.2, 0.25) is 11.5 Å². The van der Waals surface area contributed by atoms with Crippen molar-refractivity contribution in [3.63, 3.8) is 0 Å². The molecule has 0 aromatic heterocycles. The van der Waals surface area contributed by atoms with Gasteiger partial charge in [0, 0.05) is 36.2 Å². The summed E-state index contributed by atoms with van der Waals surface area (Å²) in [5.74, 6) is 0.700. The molecule has 38 heavy (non-hydrogen) atoms. The van der Waals surface area contributed by atoms with E-state index in [1.807, 2.05) is 50.2 Å². The Labute approximate surface area is 221 Å². The zero-order chi connectivity index (χ0) is 27.1. The molecule has 2 amide bonds. The van der Waals surface area contributed by atoms with E-state index in [2.05, 4.69) is 0 Å². The van der Waals surface area contributed by atoms with Gasteiger partial charge in [0.15, 0.2) is 11.5 Å². The lowest BCUT2D eigenvalue weighted by molar-refractivity contribution is 0.200. The molecular weight excluding hydrogens is 484 g/mol. The molecule has 0 unspecified atom stereocenters. The van der Waals surface area contributed by atoms with Crippen LogP contribution >= 0.6 is 0 Å². The maximum absolute atomic E-state index is 13.2. The van der Waals surface area contributed by atoms with Crippen LogP contribution in [-0.4, -0.2) is 39.5 Å². The standard InChI is InChI=1S/C30H30N2O6/c1-5-35-27-25(37-29(33)31(3)21-15-9-7-10-16-21)23-19-13-14-20-24(23)26(28(27)36-6-2)38-30(34)32(4)22-17-11-8-12-18-22/h7-20H,5-6H2,1-4H3.